The summed E-state index contributed by atoms with van der Waals surface area (Å²) in [5, 5.41) is 3.36. The first kappa shape index (κ1) is 14.6. The van der Waals surface area contributed by atoms with Crippen molar-refractivity contribution in [1.82, 2.24) is 5.32 Å². The Morgan fingerprint density at radius 1 is 1.24 bits per heavy atom. The fraction of sp³-hybridized carbons (Fsp3) is 0.600. The first-order valence-corrected chi connectivity index (χ1v) is 7.53. The van der Waals surface area contributed by atoms with Crippen molar-refractivity contribution in [1.29, 1.82) is 0 Å². The number of aryl methyl sites for hydroxylation is 2. The second kappa shape index (κ2) is 7.78. The van der Waals surface area contributed by atoms with Gasteiger partial charge in [-0.3, -0.25) is 0 Å². The summed E-state index contributed by atoms with van der Waals surface area (Å²) in [5.74, 6) is 1.22. The number of nitrogens with one attached hydrogen (secondary N) is 1. The van der Waals surface area contributed by atoms with Crippen LogP contribution in [-0.2, 0) is 0 Å². The van der Waals surface area contributed by atoms with Crippen LogP contribution in [0.1, 0.15) is 37.3 Å². The summed E-state index contributed by atoms with van der Waals surface area (Å²) in [4.78, 5) is 1.41. The molecule has 0 radical (unpaired) electrons. The molecule has 1 rings (SSSR count). The van der Waals surface area contributed by atoms with Crippen molar-refractivity contribution in [3.05, 3.63) is 29.3 Å². The van der Waals surface area contributed by atoms with E-state index in [4.69, 9.17) is 0 Å². The van der Waals surface area contributed by atoms with E-state index in [1.54, 1.807) is 0 Å². The summed E-state index contributed by atoms with van der Waals surface area (Å²) in [6.45, 7) is 6.60. The van der Waals surface area contributed by atoms with Crippen LogP contribution in [0.5, 0.6) is 0 Å². The first-order valence-electron chi connectivity index (χ1n) is 6.54. The lowest BCUT2D eigenvalue weighted by Crippen LogP contribution is -2.23. The fourth-order valence-electron chi connectivity index (χ4n) is 1.88. The van der Waals surface area contributed by atoms with Crippen molar-refractivity contribution < 1.29 is 0 Å². The normalized spacial score (nSPS) is 12.7. The first-order chi connectivity index (χ1) is 8.17. The summed E-state index contributed by atoms with van der Waals surface area (Å²) in [6, 6.07) is 7.45. The Morgan fingerprint density at radius 2 is 2.00 bits per heavy atom. The lowest BCUT2D eigenvalue weighted by Gasteiger charge is -2.13. The number of thioether (sulfide) groups is 1. The van der Waals surface area contributed by atoms with Crippen LogP contribution in [-0.4, -0.2) is 18.8 Å². The van der Waals surface area contributed by atoms with Crippen molar-refractivity contribution in [3.8, 4) is 0 Å². The third-order valence-corrected chi connectivity index (χ3v) is 4.43. The average Bonchev–Trinajstić information content (AvgIpc) is 2.34. The minimum Gasteiger partial charge on any atom is -0.317 e. The molecule has 0 bridgehead atoms. The van der Waals surface area contributed by atoms with Crippen LogP contribution in [0.4, 0.5) is 0 Å². The Morgan fingerprint density at radius 3 is 2.59 bits per heavy atom. The molecular weight excluding hydrogens is 226 g/mol. The van der Waals surface area contributed by atoms with Crippen LogP contribution in [0.25, 0.3) is 0 Å². The quantitative estimate of drug-likeness (QED) is 0.576. The molecule has 96 valence electrons. The lowest BCUT2D eigenvalue weighted by atomic mass is 10.1. The summed E-state index contributed by atoms with van der Waals surface area (Å²) >= 11 is 1.98. The highest BCUT2D eigenvalue weighted by Gasteiger charge is 2.02. The van der Waals surface area contributed by atoms with Crippen LogP contribution < -0.4 is 5.32 Å². The Bertz CT molecular complexity index is 332. The SMILES string of the molecule is CCC(CCCSc1ccc(C)c(C)c1)NC. The fourth-order valence-corrected chi connectivity index (χ4v) is 2.85. The molecule has 0 aliphatic rings. The van der Waals surface area contributed by atoms with Crippen LogP contribution in [0.15, 0.2) is 23.1 Å². The second-order valence-corrected chi connectivity index (χ2v) is 5.80. The molecule has 0 saturated carbocycles. The van der Waals surface area contributed by atoms with Crippen molar-refractivity contribution in [2.24, 2.45) is 0 Å². The summed E-state index contributed by atoms with van der Waals surface area (Å²) in [5.41, 5.74) is 2.78. The average molecular weight is 251 g/mol. The van der Waals surface area contributed by atoms with Crippen LogP contribution in [0.3, 0.4) is 0 Å². The third-order valence-electron chi connectivity index (χ3n) is 3.35. The third kappa shape index (κ3) is 5.13. The van der Waals surface area contributed by atoms with E-state index < -0.39 is 0 Å². The topological polar surface area (TPSA) is 12.0 Å². The van der Waals surface area contributed by atoms with E-state index in [9.17, 15) is 0 Å². The molecule has 17 heavy (non-hydrogen) atoms. The van der Waals surface area contributed by atoms with Crippen LogP contribution in [0.2, 0.25) is 0 Å². The van der Waals surface area contributed by atoms with E-state index in [0.29, 0.717) is 6.04 Å². The highest BCUT2D eigenvalue weighted by atomic mass is 32.2. The van der Waals surface area contributed by atoms with Gasteiger partial charge in [-0.15, -0.1) is 11.8 Å². The Labute approximate surface area is 110 Å². The van der Waals surface area contributed by atoms with Gasteiger partial charge in [-0.05, 0) is 69.2 Å². The molecule has 0 spiro atoms. The monoisotopic (exact) mass is 251 g/mol. The van der Waals surface area contributed by atoms with Crippen molar-refractivity contribution >= 4 is 11.8 Å². The maximum Gasteiger partial charge on any atom is 0.00747 e. The predicted molar refractivity (Wildman–Crippen MR) is 79.0 cm³/mol. The van der Waals surface area contributed by atoms with Gasteiger partial charge in [0.05, 0.1) is 0 Å². The molecule has 1 atom stereocenters. The highest BCUT2D eigenvalue weighted by Crippen LogP contribution is 2.22. The minimum atomic E-state index is 0.690. The molecule has 0 saturated heterocycles. The van der Waals surface area contributed by atoms with Gasteiger partial charge in [0.1, 0.15) is 0 Å². The smallest absolute Gasteiger partial charge is 0.00747 e. The van der Waals surface area contributed by atoms with Gasteiger partial charge in [0, 0.05) is 10.9 Å². The molecule has 0 heterocycles. The van der Waals surface area contributed by atoms with Gasteiger partial charge in [-0.1, -0.05) is 13.0 Å². The number of hydrogen-bond acceptors (Lipinski definition) is 2. The molecule has 2 heteroatoms. The molecule has 1 aromatic carbocycles. The Balaban J connectivity index is 2.28. The van der Waals surface area contributed by atoms with Gasteiger partial charge in [0.2, 0.25) is 0 Å². The second-order valence-electron chi connectivity index (χ2n) is 4.63. The standard InChI is InChI=1S/C15H25NS/c1-5-14(16-4)7-6-10-17-15-9-8-12(2)13(3)11-15/h8-9,11,14,16H,5-7,10H2,1-4H3. The van der Waals surface area contributed by atoms with E-state index in [1.165, 1.54) is 41.0 Å². The van der Waals surface area contributed by atoms with Crippen molar-refractivity contribution in [2.45, 2.75) is 51.0 Å². The van der Waals surface area contributed by atoms with Gasteiger partial charge in [0.25, 0.3) is 0 Å². The summed E-state index contributed by atoms with van der Waals surface area (Å²) in [7, 11) is 2.06. The van der Waals surface area contributed by atoms with E-state index in [1.807, 2.05) is 11.8 Å². The molecular formula is C15H25NS. The van der Waals surface area contributed by atoms with Gasteiger partial charge in [-0.25, -0.2) is 0 Å². The molecule has 0 amide bonds. The number of benzene rings is 1. The zero-order valence-corrected chi connectivity index (χ0v) is 12.4. The van der Waals surface area contributed by atoms with E-state index in [-0.39, 0.29) is 0 Å². The molecule has 1 aromatic rings. The largest absolute Gasteiger partial charge is 0.317 e. The number of rotatable bonds is 7. The Kier molecular flexibility index (Phi) is 6.68. The summed E-state index contributed by atoms with van der Waals surface area (Å²) in [6.07, 6.45) is 3.80. The van der Waals surface area contributed by atoms with E-state index in [2.05, 4.69) is 51.3 Å². The van der Waals surface area contributed by atoms with Gasteiger partial charge < -0.3 is 5.32 Å². The minimum absolute atomic E-state index is 0.690. The number of hydrogen-bond donors (Lipinski definition) is 1. The Hall–Kier alpha value is -0.470. The molecule has 0 fully saturated rings. The zero-order chi connectivity index (χ0) is 12.7. The van der Waals surface area contributed by atoms with Crippen molar-refractivity contribution in [3.63, 3.8) is 0 Å². The maximum absolute atomic E-state index is 3.36. The molecule has 0 aliphatic carbocycles. The molecule has 0 aliphatic heterocycles. The predicted octanol–water partition coefficient (Wildman–Crippen LogP) is 4.17. The highest BCUT2D eigenvalue weighted by molar-refractivity contribution is 7.99. The van der Waals surface area contributed by atoms with Gasteiger partial charge in [0.15, 0.2) is 0 Å². The maximum atomic E-state index is 3.36. The van der Waals surface area contributed by atoms with Gasteiger partial charge in [-0.2, -0.15) is 0 Å². The molecule has 1 unspecified atom stereocenters. The van der Waals surface area contributed by atoms with Crippen LogP contribution >= 0.6 is 11.8 Å². The zero-order valence-electron chi connectivity index (χ0n) is 11.5. The lowest BCUT2D eigenvalue weighted by molar-refractivity contribution is 0.504. The molecule has 0 aromatic heterocycles. The summed E-state index contributed by atoms with van der Waals surface area (Å²) < 4.78 is 0. The van der Waals surface area contributed by atoms with E-state index in [0.717, 1.165) is 0 Å². The van der Waals surface area contributed by atoms with Crippen molar-refractivity contribution in [2.75, 3.05) is 12.8 Å². The molecule has 1 nitrogen and oxygen atoms in total. The van der Waals surface area contributed by atoms with Crippen LogP contribution in [0, 0.1) is 13.8 Å². The van der Waals surface area contributed by atoms with E-state index >= 15 is 0 Å². The van der Waals surface area contributed by atoms with Gasteiger partial charge >= 0.3 is 0 Å². The molecule has 1 N–H and O–H groups in total.